The van der Waals surface area contributed by atoms with Crippen LogP contribution < -0.4 is 5.32 Å². The normalized spacial score (nSPS) is 10.5. The quantitative estimate of drug-likeness (QED) is 0.655. The van der Waals surface area contributed by atoms with Crippen molar-refractivity contribution in [2.45, 2.75) is 19.9 Å². The van der Waals surface area contributed by atoms with Gasteiger partial charge < -0.3 is 14.5 Å². The van der Waals surface area contributed by atoms with Gasteiger partial charge in [0, 0.05) is 36.4 Å². The summed E-state index contributed by atoms with van der Waals surface area (Å²) in [5.41, 5.74) is 1.73. The number of halogens is 1. The number of fused-ring (bicyclic) bond motifs is 1. The van der Waals surface area contributed by atoms with E-state index in [1.54, 1.807) is 0 Å². The highest BCUT2D eigenvalue weighted by atomic mass is 35.5. The molecule has 1 aromatic carbocycles. The summed E-state index contributed by atoms with van der Waals surface area (Å²) in [6.45, 7) is 5.36. The third-order valence-electron chi connectivity index (χ3n) is 3.11. The summed E-state index contributed by atoms with van der Waals surface area (Å²) in [6, 6.07) is 7.41. The molecule has 2 aromatic rings. The van der Waals surface area contributed by atoms with Crippen LogP contribution in [0.15, 0.2) is 40.8 Å². The highest BCUT2D eigenvalue weighted by molar-refractivity contribution is 6.30. The van der Waals surface area contributed by atoms with Crippen LogP contribution >= 0.6 is 11.6 Å². The molecule has 0 unspecified atom stereocenters. The smallest absolute Gasteiger partial charge is 0.302 e. The molecule has 0 atom stereocenters. The van der Waals surface area contributed by atoms with Crippen LogP contribution in [0.1, 0.15) is 18.9 Å². The van der Waals surface area contributed by atoms with Crippen LogP contribution in [0.2, 0.25) is 5.22 Å². The van der Waals surface area contributed by atoms with Crippen molar-refractivity contribution in [2.75, 3.05) is 6.61 Å². The number of carbonyl (C=O) groups excluding carboxylic acids is 2. The molecule has 1 N–H and O–H groups in total. The fraction of sp³-hybridized carbons (Fsp3) is 0.250. The molecule has 0 spiro atoms. The summed E-state index contributed by atoms with van der Waals surface area (Å²) in [7, 11) is 0. The molecule has 6 heteroatoms. The van der Waals surface area contributed by atoms with E-state index >= 15 is 0 Å². The molecule has 0 aliphatic carbocycles. The minimum absolute atomic E-state index is 0.136. The first kappa shape index (κ1) is 16.1. The molecule has 0 bridgehead atoms. The van der Waals surface area contributed by atoms with Crippen molar-refractivity contribution in [1.82, 2.24) is 5.32 Å². The molecule has 1 heterocycles. The van der Waals surface area contributed by atoms with Gasteiger partial charge in [-0.3, -0.25) is 9.59 Å². The van der Waals surface area contributed by atoms with Gasteiger partial charge in [0.2, 0.25) is 5.91 Å². The van der Waals surface area contributed by atoms with E-state index in [1.165, 1.54) is 6.92 Å². The summed E-state index contributed by atoms with van der Waals surface area (Å²) < 4.78 is 10.2. The van der Waals surface area contributed by atoms with E-state index < -0.39 is 0 Å². The summed E-state index contributed by atoms with van der Waals surface area (Å²) in [5.74, 6) is -0.696. The third kappa shape index (κ3) is 3.89. The maximum Gasteiger partial charge on any atom is 0.302 e. The van der Waals surface area contributed by atoms with Crippen molar-refractivity contribution in [3.8, 4) is 0 Å². The lowest BCUT2D eigenvalue weighted by atomic mass is 10.1. The molecule has 0 aliphatic rings. The number of amides is 1. The first-order valence-corrected chi connectivity index (χ1v) is 7.12. The van der Waals surface area contributed by atoms with Crippen molar-refractivity contribution < 1.29 is 18.7 Å². The van der Waals surface area contributed by atoms with Gasteiger partial charge >= 0.3 is 5.97 Å². The lowest BCUT2D eigenvalue weighted by Gasteiger charge is -2.07. The van der Waals surface area contributed by atoms with Crippen LogP contribution in [-0.4, -0.2) is 18.5 Å². The van der Waals surface area contributed by atoms with E-state index in [1.807, 2.05) is 24.3 Å². The van der Waals surface area contributed by atoms with Crippen molar-refractivity contribution >= 4 is 34.4 Å². The van der Waals surface area contributed by atoms with Gasteiger partial charge in [0.05, 0.1) is 6.61 Å². The van der Waals surface area contributed by atoms with Crippen molar-refractivity contribution in [1.29, 1.82) is 0 Å². The zero-order valence-electron chi connectivity index (χ0n) is 12.1. The minimum atomic E-state index is -0.384. The van der Waals surface area contributed by atoms with Gasteiger partial charge in [-0.05, 0) is 17.7 Å². The number of hydrogen-bond acceptors (Lipinski definition) is 4. The number of carbonyl (C=O) groups is 2. The number of rotatable bonds is 6. The Labute approximate surface area is 132 Å². The molecular formula is C16H16ClNO4. The molecule has 2 rings (SSSR count). The van der Waals surface area contributed by atoms with Crippen LogP contribution in [0.4, 0.5) is 0 Å². The Morgan fingerprint density at radius 1 is 1.36 bits per heavy atom. The highest BCUT2D eigenvalue weighted by Gasteiger charge is 2.14. The zero-order valence-corrected chi connectivity index (χ0v) is 12.9. The molecule has 5 nitrogen and oxygen atoms in total. The number of ether oxygens (including phenoxy) is 1. The molecule has 1 aromatic heterocycles. The Hall–Kier alpha value is -2.27. The monoisotopic (exact) mass is 321 g/mol. The molecule has 0 fully saturated rings. The largest absolute Gasteiger partial charge is 0.466 e. The molecule has 116 valence electrons. The second-order valence-electron chi connectivity index (χ2n) is 4.73. The number of benzene rings is 1. The van der Waals surface area contributed by atoms with Crippen molar-refractivity contribution in [3.63, 3.8) is 0 Å². The molecule has 0 radical (unpaired) electrons. The highest BCUT2D eigenvalue weighted by Crippen LogP contribution is 2.29. The van der Waals surface area contributed by atoms with E-state index in [0.717, 1.165) is 10.9 Å². The van der Waals surface area contributed by atoms with E-state index in [4.69, 9.17) is 20.8 Å². The van der Waals surface area contributed by atoms with Gasteiger partial charge in [-0.1, -0.05) is 24.8 Å². The molecule has 0 saturated carbocycles. The summed E-state index contributed by atoms with van der Waals surface area (Å²) in [5, 5.41) is 3.85. The first-order chi connectivity index (χ1) is 10.5. The Kier molecular flexibility index (Phi) is 5.22. The third-order valence-corrected chi connectivity index (χ3v) is 3.41. The SMILES string of the molecule is C=C(CCOC(C)=O)C(=O)NCc1c(Cl)oc2ccccc12. The van der Waals surface area contributed by atoms with E-state index in [2.05, 4.69) is 11.9 Å². The van der Waals surface area contributed by atoms with Crippen molar-refractivity contribution in [3.05, 3.63) is 47.2 Å². The van der Waals surface area contributed by atoms with E-state index in [9.17, 15) is 9.59 Å². The number of esters is 1. The average Bonchev–Trinajstić information content (AvgIpc) is 2.79. The molecule has 0 aliphatic heterocycles. The zero-order chi connectivity index (χ0) is 16.1. The first-order valence-electron chi connectivity index (χ1n) is 6.74. The van der Waals surface area contributed by atoms with E-state index in [0.29, 0.717) is 11.2 Å². The number of hydrogen-bond donors (Lipinski definition) is 1. The van der Waals surface area contributed by atoms with Gasteiger partial charge in [0.1, 0.15) is 5.58 Å². The minimum Gasteiger partial charge on any atom is -0.466 e. The maximum absolute atomic E-state index is 11.9. The molecular weight excluding hydrogens is 306 g/mol. The maximum atomic E-state index is 11.9. The second-order valence-corrected chi connectivity index (χ2v) is 5.07. The van der Waals surface area contributed by atoms with Crippen LogP contribution in [0.5, 0.6) is 0 Å². The van der Waals surface area contributed by atoms with Crippen molar-refractivity contribution in [2.24, 2.45) is 0 Å². The predicted octanol–water partition coefficient (Wildman–Crippen LogP) is 3.21. The number of furan rings is 1. The lowest BCUT2D eigenvalue weighted by Crippen LogP contribution is -2.24. The van der Waals surface area contributed by atoms with Crippen LogP contribution in [-0.2, 0) is 20.9 Å². The van der Waals surface area contributed by atoms with E-state index in [-0.39, 0.29) is 36.7 Å². The van der Waals surface area contributed by atoms with Crippen LogP contribution in [0, 0.1) is 0 Å². The lowest BCUT2D eigenvalue weighted by molar-refractivity contribution is -0.141. The van der Waals surface area contributed by atoms with Gasteiger partial charge in [-0.25, -0.2) is 0 Å². The Morgan fingerprint density at radius 2 is 2.09 bits per heavy atom. The summed E-state index contributed by atoms with van der Waals surface area (Å²) in [6.07, 6.45) is 0.283. The van der Waals surface area contributed by atoms with Crippen LogP contribution in [0.3, 0.4) is 0 Å². The van der Waals surface area contributed by atoms with Gasteiger partial charge in [-0.15, -0.1) is 0 Å². The molecule has 1 amide bonds. The van der Waals surface area contributed by atoms with Gasteiger partial charge in [0.25, 0.3) is 0 Å². The Morgan fingerprint density at radius 3 is 2.82 bits per heavy atom. The predicted molar refractivity (Wildman–Crippen MR) is 83.5 cm³/mol. The Bertz CT molecular complexity index is 720. The molecule has 22 heavy (non-hydrogen) atoms. The average molecular weight is 322 g/mol. The fourth-order valence-corrected chi connectivity index (χ4v) is 2.21. The summed E-state index contributed by atoms with van der Waals surface area (Å²) in [4.78, 5) is 22.6. The standard InChI is InChI=1S/C16H16ClNO4/c1-10(7-8-21-11(2)19)16(20)18-9-13-12-5-3-4-6-14(12)22-15(13)17/h3-6H,1,7-9H2,2H3,(H,18,20). The number of para-hydroxylation sites is 1. The number of nitrogens with one attached hydrogen (secondary N) is 1. The van der Waals surface area contributed by atoms with Gasteiger partial charge in [-0.2, -0.15) is 0 Å². The molecule has 0 saturated heterocycles. The Balaban J connectivity index is 1.94. The fourth-order valence-electron chi connectivity index (χ4n) is 1.96. The summed E-state index contributed by atoms with van der Waals surface area (Å²) >= 11 is 6.05. The topological polar surface area (TPSA) is 68.5 Å². The van der Waals surface area contributed by atoms with Gasteiger partial charge in [0.15, 0.2) is 5.22 Å². The second kappa shape index (κ2) is 7.13. The van der Waals surface area contributed by atoms with Crippen LogP contribution in [0.25, 0.3) is 11.0 Å².